The number of halogens is 3. The molecule has 0 radical (unpaired) electrons. The van der Waals surface area contributed by atoms with Gasteiger partial charge in [-0.25, -0.2) is 4.39 Å². The standard InChI is InChI=1S/C20H17Cl2FN6O2/c21-14-2-1-3-15(22)17(14)29-26-16(18(24)30)19(27-29)25-13-6-4-11(5-7-13)20(31)28-9-8-12(23)10-28/h1-7,12H,8-10H2,(H2,24,30)(H,25,27). The Balaban J connectivity index is 1.58. The monoisotopic (exact) mass is 462 g/mol. The summed E-state index contributed by atoms with van der Waals surface area (Å²) in [4.78, 5) is 26.9. The molecule has 3 aromatic rings. The van der Waals surface area contributed by atoms with Gasteiger partial charge in [-0.15, -0.1) is 15.0 Å². The highest BCUT2D eigenvalue weighted by Gasteiger charge is 2.26. The van der Waals surface area contributed by atoms with Gasteiger partial charge in [0, 0.05) is 17.8 Å². The van der Waals surface area contributed by atoms with Crippen molar-refractivity contribution >= 4 is 46.5 Å². The molecule has 8 nitrogen and oxygen atoms in total. The number of anilines is 2. The highest BCUT2D eigenvalue weighted by molar-refractivity contribution is 6.37. The third-order valence-electron chi connectivity index (χ3n) is 4.80. The lowest BCUT2D eigenvalue weighted by atomic mass is 10.2. The normalized spacial score (nSPS) is 15.8. The van der Waals surface area contributed by atoms with Crippen molar-refractivity contribution in [1.82, 2.24) is 19.9 Å². The molecule has 1 aliphatic rings. The first-order valence-corrected chi connectivity index (χ1v) is 10.1. The Morgan fingerprint density at radius 3 is 2.35 bits per heavy atom. The number of benzene rings is 2. The summed E-state index contributed by atoms with van der Waals surface area (Å²) in [6.07, 6.45) is -0.627. The van der Waals surface area contributed by atoms with E-state index in [2.05, 4.69) is 15.5 Å². The van der Waals surface area contributed by atoms with Crippen molar-refractivity contribution in [3.05, 3.63) is 63.8 Å². The van der Waals surface area contributed by atoms with Gasteiger partial charge >= 0.3 is 0 Å². The third-order valence-corrected chi connectivity index (χ3v) is 5.41. The van der Waals surface area contributed by atoms with Crippen LogP contribution >= 0.6 is 23.2 Å². The Morgan fingerprint density at radius 2 is 1.77 bits per heavy atom. The van der Waals surface area contributed by atoms with Gasteiger partial charge in [-0.1, -0.05) is 29.3 Å². The molecule has 1 aromatic heterocycles. The summed E-state index contributed by atoms with van der Waals surface area (Å²) in [6, 6.07) is 11.4. The Labute approximate surface area is 186 Å². The number of nitrogens with zero attached hydrogens (tertiary/aromatic N) is 4. The first-order chi connectivity index (χ1) is 14.8. The number of nitrogens with one attached hydrogen (secondary N) is 1. The van der Waals surface area contributed by atoms with Gasteiger partial charge in [0.2, 0.25) is 0 Å². The summed E-state index contributed by atoms with van der Waals surface area (Å²) in [5, 5.41) is 11.9. The van der Waals surface area contributed by atoms with Crippen molar-refractivity contribution in [2.45, 2.75) is 12.6 Å². The van der Waals surface area contributed by atoms with Gasteiger partial charge in [0.25, 0.3) is 11.8 Å². The van der Waals surface area contributed by atoms with Crippen LogP contribution in [0.1, 0.15) is 27.3 Å². The molecule has 160 valence electrons. The van der Waals surface area contributed by atoms with Crippen LogP contribution in [0.4, 0.5) is 15.9 Å². The highest BCUT2D eigenvalue weighted by atomic mass is 35.5. The van der Waals surface area contributed by atoms with Gasteiger partial charge in [-0.05, 0) is 42.8 Å². The second-order valence-electron chi connectivity index (χ2n) is 6.96. The number of likely N-dealkylation sites (tertiary alicyclic amines) is 1. The fourth-order valence-corrected chi connectivity index (χ4v) is 3.80. The molecule has 1 unspecified atom stereocenters. The molecule has 0 aliphatic carbocycles. The van der Waals surface area contributed by atoms with E-state index >= 15 is 0 Å². The van der Waals surface area contributed by atoms with E-state index in [-0.39, 0.29) is 24.0 Å². The van der Waals surface area contributed by atoms with E-state index < -0.39 is 12.1 Å². The van der Waals surface area contributed by atoms with Crippen molar-refractivity contribution in [3.63, 3.8) is 0 Å². The molecule has 11 heteroatoms. The molecule has 3 N–H and O–H groups in total. The molecule has 0 bridgehead atoms. The van der Waals surface area contributed by atoms with Crippen LogP contribution in [0, 0.1) is 0 Å². The van der Waals surface area contributed by atoms with Crippen molar-refractivity contribution in [2.24, 2.45) is 5.73 Å². The minimum absolute atomic E-state index is 0.0994. The van der Waals surface area contributed by atoms with Crippen molar-refractivity contribution < 1.29 is 14.0 Å². The van der Waals surface area contributed by atoms with E-state index in [1.54, 1.807) is 42.5 Å². The van der Waals surface area contributed by atoms with Gasteiger partial charge in [0.1, 0.15) is 11.9 Å². The minimum atomic E-state index is -0.980. The van der Waals surface area contributed by atoms with Crippen LogP contribution in [0.3, 0.4) is 0 Å². The van der Waals surface area contributed by atoms with E-state index in [9.17, 15) is 14.0 Å². The first-order valence-electron chi connectivity index (χ1n) is 9.35. The van der Waals surface area contributed by atoms with E-state index in [1.165, 1.54) is 4.90 Å². The zero-order chi connectivity index (χ0) is 22.1. The Kier molecular flexibility index (Phi) is 5.79. The number of para-hydroxylation sites is 1. The number of rotatable bonds is 5. The summed E-state index contributed by atoms with van der Waals surface area (Å²) >= 11 is 12.4. The van der Waals surface area contributed by atoms with Gasteiger partial charge < -0.3 is 16.0 Å². The van der Waals surface area contributed by atoms with Crippen LogP contribution in [-0.2, 0) is 0 Å². The molecule has 2 heterocycles. The zero-order valence-corrected chi connectivity index (χ0v) is 17.6. The number of carbonyl (C=O) groups excluding carboxylic acids is 2. The summed E-state index contributed by atoms with van der Waals surface area (Å²) in [5.41, 5.74) is 6.61. The molecular formula is C20H17Cl2FN6O2. The largest absolute Gasteiger partial charge is 0.364 e. The van der Waals surface area contributed by atoms with E-state index in [1.807, 2.05) is 0 Å². The fourth-order valence-electron chi connectivity index (χ4n) is 3.25. The maximum atomic E-state index is 13.4. The second kappa shape index (κ2) is 8.52. The van der Waals surface area contributed by atoms with Crippen molar-refractivity contribution in [3.8, 4) is 5.69 Å². The van der Waals surface area contributed by atoms with Crippen LogP contribution in [0.15, 0.2) is 42.5 Å². The maximum Gasteiger partial charge on any atom is 0.273 e. The van der Waals surface area contributed by atoms with Gasteiger partial charge in [-0.3, -0.25) is 9.59 Å². The lowest BCUT2D eigenvalue weighted by Crippen LogP contribution is -2.28. The van der Waals surface area contributed by atoms with Crippen molar-refractivity contribution in [2.75, 3.05) is 18.4 Å². The number of aromatic nitrogens is 3. The number of alkyl halides is 1. The van der Waals surface area contributed by atoms with E-state index in [0.717, 1.165) is 4.80 Å². The van der Waals surface area contributed by atoms with Crippen molar-refractivity contribution in [1.29, 1.82) is 0 Å². The van der Waals surface area contributed by atoms with Crippen LogP contribution in [0.5, 0.6) is 0 Å². The molecule has 31 heavy (non-hydrogen) atoms. The van der Waals surface area contributed by atoms with Crippen LogP contribution < -0.4 is 11.1 Å². The topological polar surface area (TPSA) is 106 Å². The molecule has 0 spiro atoms. The van der Waals surface area contributed by atoms with Gasteiger partial charge in [-0.2, -0.15) is 0 Å². The zero-order valence-electron chi connectivity index (χ0n) is 16.1. The third kappa shape index (κ3) is 4.33. The predicted molar refractivity (Wildman–Crippen MR) is 115 cm³/mol. The number of hydrogen-bond acceptors (Lipinski definition) is 5. The molecule has 2 aromatic carbocycles. The number of hydrogen-bond donors (Lipinski definition) is 2. The van der Waals surface area contributed by atoms with E-state index in [4.69, 9.17) is 28.9 Å². The van der Waals surface area contributed by atoms with E-state index in [0.29, 0.717) is 39.9 Å². The van der Waals surface area contributed by atoms with Gasteiger partial charge in [0.05, 0.1) is 16.6 Å². The average molecular weight is 463 g/mol. The summed E-state index contributed by atoms with van der Waals surface area (Å²) in [6.45, 7) is 0.504. The molecule has 4 rings (SSSR count). The fraction of sp³-hybridized carbons (Fsp3) is 0.200. The van der Waals surface area contributed by atoms with Crippen LogP contribution in [-0.4, -0.2) is 51.0 Å². The Hall–Kier alpha value is -3.17. The predicted octanol–water partition coefficient (Wildman–Crippen LogP) is 3.60. The molecule has 0 saturated carbocycles. The quantitative estimate of drug-likeness (QED) is 0.602. The SMILES string of the molecule is NC(=O)c1nn(-c2c(Cl)cccc2Cl)nc1Nc1ccc(C(=O)N2CCC(F)C2)cc1. The molecule has 1 fully saturated rings. The molecule has 2 amide bonds. The molecule has 1 atom stereocenters. The second-order valence-corrected chi connectivity index (χ2v) is 7.78. The number of carbonyl (C=O) groups is 2. The first kappa shape index (κ1) is 21.1. The Morgan fingerprint density at radius 1 is 1.10 bits per heavy atom. The summed E-state index contributed by atoms with van der Waals surface area (Å²) in [7, 11) is 0. The summed E-state index contributed by atoms with van der Waals surface area (Å²) < 4.78 is 13.4. The lowest BCUT2D eigenvalue weighted by molar-refractivity contribution is 0.0782. The molecular weight excluding hydrogens is 446 g/mol. The maximum absolute atomic E-state index is 13.4. The number of nitrogens with two attached hydrogens (primary N) is 1. The minimum Gasteiger partial charge on any atom is -0.364 e. The van der Waals surface area contributed by atoms with Crippen LogP contribution in [0.2, 0.25) is 10.0 Å². The number of primary amides is 1. The number of amides is 2. The van der Waals surface area contributed by atoms with Crippen LogP contribution in [0.25, 0.3) is 5.69 Å². The Bertz CT molecular complexity index is 1130. The highest BCUT2D eigenvalue weighted by Crippen LogP contribution is 2.29. The average Bonchev–Trinajstić information content (AvgIpc) is 3.34. The van der Waals surface area contributed by atoms with Gasteiger partial charge in [0.15, 0.2) is 11.5 Å². The molecule has 1 aliphatic heterocycles. The lowest BCUT2D eigenvalue weighted by Gasteiger charge is -2.15. The smallest absolute Gasteiger partial charge is 0.273 e. The summed E-state index contributed by atoms with van der Waals surface area (Å²) in [5.74, 6) is -0.926. The molecule has 1 saturated heterocycles.